The Bertz CT molecular complexity index is 1560. The zero-order valence-corrected chi connectivity index (χ0v) is 17.8. The first-order valence-electron chi connectivity index (χ1n) is 10.2. The van der Waals surface area contributed by atoms with E-state index in [-0.39, 0.29) is 5.69 Å². The minimum Gasteiger partial charge on any atom is -0.496 e. The quantitative estimate of drug-likeness (QED) is 0.439. The minimum atomic E-state index is -0.474. The predicted molar refractivity (Wildman–Crippen MR) is 119 cm³/mol. The van der Waals surface area contributed by atoms with Crippen molar-refractivity contribution in [2.24, 2.45) is 14.1 Å². The summed E-state index contributed by atoms with van der Waals surface area (Å²) >= 11 is 0. The summed E-state index contributed by atoms with van der Waals surface area (Å²) in [4.78, 5) is 22.3. The van der Waals surface area contributed by atoms with Gasteiger partial charge in [0.25, 0.3) is 0 Å². The molecule has 6 rings (SSSR count). The van der Waals surface area contributed by atoms with Crippen LogP contribution in [0, 0.1) is 0 Å². The maximum Gasteiger partial charge on any atom is 0.329 e. The van der Waals surface area contributed by atoms with Crippen molar-refractivity contribution >= 4 is 21.9 Å². The molecule has 0 amide bonds. The van der Waals surface area contributed by atoms with Gasteiger partial charge < -0.3 is 9.47 Å². The third-order valence-electron chi connectivity index (χ3n) is 6.02. The summed E-state index contributed by atoms with van der Waals surface area (Å²) in [6.45, 7) is 0.329. The molecular weight excluding hydrogens is 408 g/mol. The largest absolute Gasteiger partial charge is 0.496 e. The molecule has 0 saturated heterocycles. The number of imidazole rings is 1. The van der Waals surface area contributed by atoms with Gasteiger partial charge in [0, 0.05) is 38.1 Å². The van der Waals surface area contributed by atoms with Crippen LogP contribution in [0.15, 0.2) is 53.8 Å². The molecule has 5 heterocycles. The zero-order valence-electron chi connectivity index (χ0n) is 17.8. The van der Waals surface area contributed by atoms with Crippen LogP contribution in [-0.4, -0.2) is 36.0 Å². The second kappa shape index (κ2) is 6.68. The molecule has 32 heavy (non-hydrogen) atoms. The molecular formula is C23H20N6O3. The highest BCUT2D eigenvalue weighted by atomic mass is 16.5. The van der Waals surface area contributed by atoms with E-state index < -0.39 is 6.10 Å². The summed E-state index contributed by atoms with van der Waals surface area (Å²) in [7, 11) is 5.25. The Morgan fingerprint density at radius 3 is 2.78 bits per heavy atom. The van der Waals surface area contributed by atoms with Gasteiger partial charge in [-0.2, -0.15) is 5.10 Å². The molecule has 0 bridgehead atoms. The first-order valence-corrected chi connectivity index (χ1v) is 10.2. The van der Waals surface area contributed by atoms with Crippen LogP contribution in [0.5, 0.6) is 11.5 Å². The standard InChI is InChI=1S/C23H20N6O3/c1-27-11-13(9-26-27)19-17(31-3)8-15-20-21-16(10-25-15)28(2)23(30)29(21)12-18(32-22(19)20)14-6-4-5-7-24-14/h4-11,18H,12H2,1-3H3. The highest BCUT2D eigenvalue weighted by Gasteiger charge is 2.31. The van der Waals surface area contributed by atoms with Crippen LogP contribution >= 0.6 is 0 Å². The van der Waals surface area contributed by atoms with Crippen molar-refractivity contribution in [3.63, 3.8) is 0 Å². The second-order valence-corrected chi connectivity index (χ2v) is 7.89. The van der Waals surface area contributed by atoms with E-state index in [9.17, 15) is 4.79 Å². The van der Waals surface area contributed by atoms with Crippen molar-refractivity contribution in [3.8, 4) is 22.6 Å². The van der Waals surface area contributed by atoms with Crippen LogP contribution < -0.4 is 15.2 Å². The van der Waals surface area contributed by atoms with E-state index in [1.807, 2.05) is 37.5 Å². The van der Waals surface area contributed by atoms with E-state index in [1.165, 1.54) is 0 Å². The van der Waals surface area contributed by atoms with Crippen molar-refractivity contribution in [3.05, 3.63) is 65.2 Å². The van der Waals surface area contributed by atoms with Crippen molar-refractivity contribution < 1.29 is 9.47 Å². The Labute approximate surface area is 182 Å². The maximum atomic E-state index is 13.2. The third-order valence-corrected chi connectivity index (χ3v) is 6.02. The smallest absolute Gasteiger partial charge is 0.329 e. The van der Waals surface area contributed by atoms with Gasteiger partial charge in [0.15, 0.2) is 6.10 Å². The molecule has 160 valence electrons. The molecule has 9 nitrogen and oxygen atoms in total. The number of hydrogen-bond donors (Lipinski definition) is 0. The topological polar surface area (TPSA) is 89.0 Å². The summed E-state index contributed by atoms with van der Waals surface area (Å²) in [6, 6.07) is 7.56. The molecule has 5 aromatic rings. The number of rotatable bonds is 3. The normalized spacial score (nSPS) is 15.3. The Morgan fingerprint density at radius 2 is 2.06 bits per heavy atom. The van der Waals surface area contributed by atoms with Gasteiger partial charge in [-0.1, -0.05) is 6.07 Å². The molecule has 1 aliphatic rings. The molecule has 1 aliphatic heterocycles. The lowest BCUT2D eigenvalue weighted by molar-refractivity contribution is 0.184. The maximum absolute atomic E-state index is 13.2. The monoisotopic (exact) mass is 428 g/mol. The average Bonchev–Trinajstić information content (AvgIpc) is 3.28. The molecule has 1 unspecified atom stereocenters. The molecule has 0 N–H and O–H groups in total. The summed E-state index contributed by atoms with van der Waals surface area (Å²) in [5.41, 5.74) is 4.48. The average molecular weight is 428 g/mol. The van der Waals surface area contributed by atoms with E-state index >= 15 is 0 Å². The van der Waals surface area contributed by atoms with Gasteiger partial charge >= 0.3 is 5.69 Å². The van der Waals surface area contributed by atoms with Crippen LogP contribution in [0.2, 0.25) is 0 Å². The molecule has 1 atom stereocenters. The van der Waals surface area contributed by atoms with Gasteiger partial charge in [0.05, 0.1) is 59.2 Å². The fourth-order valence-corrected chi connectivity index (χ4v) is 4.51. The number of nitrogens with zero attached hydrogens (tertiary/aromatic N) is 6. The van der Waals surface area contributed by atoms with Gasteiger partial charge in [-0.15, -0.1) is 0 Å². The number of pyridine rings is 2. The molecule has 0 saturated carbocycles. The van der Waals surface area contributed by atoms with E-state index in [0.29, 0.717) is 23.6 Å². The highest BCUT2D eigenvalue weighted by molar-refractivity contribution is 6.10. The van der Waals surface area contributed by atoms with E-state index in [2.05, 4.69) is 15.1 Å². The van der Waals surface area contributed by atoms with Gasteiger partial charge in [0.2, 0.25) is 0 Å². The lowest BCUT2D eigenvalue weighted by Crippen LogP contribution is -2.26. The first kappa shape index (κ1) is 18.6. The summed E-state index contributed by atoms with van der Waals surface area (Å²) in [6.07, 6.45) is 6.66. The van der Waals surface area contributed by atoms with Crippen LogP contribution in [0.4, 0.5) is 0 Å². The number of methoxy groups -OCH3 is 1. The Hall–Kier alpha value is -4.14. The molecule has 1 aromatic carbocycles. The molecule has 4 aromatic heterocycles. The van der Waals surface area contributed by atoms with Crippen molar-refractivity contribution in [1.82, 2.24) is 28.9 Å². The van der Waals surface area contributed by atoms with E-state index in [0.717, 1.165) is 33.2 Å². The number of hydrogen-bond acceptors (Lipinski definition) is 6. The molecule has 0 radical (unpaired) electrons. The Kier molecular flexibility index (Phi) is 3.89. The summed E-state index contributed by atoms with van der Waals surface area (Å²) < 4.78 is 17.5. The molecule has 0 spiro atoms. The van der Waals surface area contributed by atoms with Gasteiger partial charge in [-0.05, 0) is 12.1 Å². The number of benzene rings is 1. The van der Waals surface area contributed by atoms with Crippen LogP contribution in [-0.2, 0) is 20.6 Å². The fraction of sp³-hybridized carbons (Fsp3) is 0.217. The van der Waals surface area contributed by atoms with Gasteiger partial charge in [-0.3, -0.25) is 23.8 Å². The summed E-state index contributed by atoms with van der Waals surface area (Å²) in [5, 5.41) is 5.11. The fourth-order valence-electron chi connectivity index (χ4n) is 4.51. The van der Waals surface area contributed by atoms with Gasteiger partial charge in [-0.25, -0.2) is 4.79 Å². The van der Waals surface area contributed by atoms with Gasteiger partial charge in [0.1, 0.15) is 11.5 Å². The zero-order chi connectivity index (χ0) is 22.0. The first-order chi connectivity index (χ1) is 15.6. The molecule has 0 fully saturated rings. The summed E-state index contributed by atoms with van der Waals surface area (Å²) in [5.74, 6) is 1.23. The Morgan fingerprint density at radius 1 is 1.19 bits per heavy atom. The van der Waals surface area contributed by atoms with E-state index in [4.69, 9.17) is 9.47 Å². The van der Waals surface area contributed by atoms with Crippen LogP contribution in [0.1, 0.15) is 11.8 Å². The number of ether oxygens (including phenoxy) is 2. The third kappa shape index (κ3) is 2.51. The molecule has 0 aliphatic carbocycles. The van der Waals surface area contributed by atoms with Crippen molar-refractivity contribution in [2.75, 3.05) is 7.11 Å². The van der Waals surface area contributed by atoms with E-state index in [1.54, 1.807) is 46.6 Å². The number of aromatic nitrogens is 6. The lowest BCUT2D eigenvalue weighted by Gasteiger charge is -2.20. The highest BCUT2D eigenvalue weighted by Crippen LogP contribution is 2.48. The Balaban J connectivity index is 1.78. The van der Waals surface area contributed by atoms with Crippen LogP contribution in [0.25, 0.3) is 33.1 Å². The number of aryl methyl sites for hydroxylation is 2. The van der Waals surface area contributed by atoms with Crippen molar-refractivity contribution in [2.45, 2.75) is 12.6 Å². The SMILES string of the molecule is COc1cc2ncc3c4c2c(c1-c1cnn(C)c1)OC(c1ccccn1)Cn4c(=O)n3C. The lowest BCUT2D eigenvalue weighted by atomic mass is 10.0. The predicted octanol–water partition coefficient (Wildman–Crippen LogP) is 2.83. The second-order valence-electron chi connectivity index (χ2n) is 7.89. The minimum absolute atomic E-state index is 0.120. The molecule has 9 heteroatoms. The van der Waals surface area contributed by atoms with Crippen molar-refractivity contribution in [1.29, 1.82) is 0 Å². The van der Waals surface area contributed by atoms with Crippen LogP contribution in [0.3, 0.4) is 0 Å².